The van der Waals surface area contributed by atoms with Gasteiger partial charge in [-0.05, 0) is 18.3 Å². The Labute approximate surface area is 85.3 Å². The van der Waals surface area contributed by atoms with Crippen molar-refractivity contribution >= 4 is 5.91 Å². The zero-order valence-electron chi connectivity index (χ0n) is 9.42. The summed E-state index contributed by atoms with van der Waals surface area (Å²) in [7, 11) is 0. The van der Waals surface area contributed by atoms with E-state index in [9.17, 15) is 9.90 Å². The minimum absolute atomic E-state index is 0.0473. The van der Waals surface area contributed by atoms with Crippen LogP contribution >= 0.6 is 0 Å². The zero-order chi connectivity index (χ0) is 11.4. The molecule has 0 aliphatic heterocycles. The Morgan fingerprint density at radius 2 is 1.86 bits per heavy atom. The number of rotatable bonds is 5. The van der Waals surface area contributed by atoms with E-state index < -0.39 is 11.3 Å². The summed E-state index contributed by atoms with van der Waals surface area (Å²) >= 11 is 0. The molecular formula is C10H21NO3. The molecule has 0 saturated carbocycles. The Balaban J connectivity index is 4.55. The molecular weight excluding hydrogens is 182 g/mol. The Kier molecular flexibility index (Phi) is 4.55. The van der Waals surface area contributed by atoms with Crippen molar-refractivity contribution in [2.75, 3.05) is 6.61 Å². The molecule has 1 unspecified atom stereocenters. The first-order chi connectivity index (χ1) is 6.31. The lowest BCUT2D eigenvalue weighted by molar-refractivity contribution is -0.140. The predicted molar refractivity (Wildman–Crippen MR) is 53.8 cm³/mol. The van der Waals surface area contributed by atoms with Crippen LogP contribution < -0.4 is 5.48 Å². The number of nitrogens with one attached hydrogen (secondary N) is 1. The number of hydroxylamine groups is 1. The largest absolute Gasteiger partial charge is 0.396 e. The van der Waals surface area contributed by atoms with Gasteiger partial charge in [-0.1, -0.05) is 27.7 Å². The van der Waals surface area contributed by atoms with Crippen LogP contribution in [-0.2, 0) is 4.79 Å². The van der Waals surface area contributed by atoms with E-state index in [0.717, 1.165) is 6.42 Å². The normalized spacial score (nSPS) is 16.1. The van der Waals surface area contributed by atoms with Crippen molar-refractivity contribution in [2.45, 2.75) is 40.5 Å². The minimum Gasteiger partial charge on any atom is -0.396 e. The molecule has 0 spiro atoms. The van der Waals surface area contributed by atoms with Crippen LogP contribution in [0.15, 0.2) is 0 Å². The van der Waals surface area contributed by atoms with Crippen molar-refractivity contribution < 1.29 is 15.1 Å². The second kappa shape index (κ2) is 4.75. The summed E-state index contributed by atoms with van der Waals surface area (Å²) in [5, 5.41) is 17.8. The van der Waals surface area contributed by atoms with Gasteiger partial charge in [-0.15, -0.1) is 0 Å². The van der Waals surface area contributed by atoms with Crippen molar-refractivity contribution in [2.24, 2.45) is 10.8 Å². The van der Waals surface area contributed by atoms with Crippen LogP contribution in [0.4, 0.5) is 0 Å². The first kappa shape index (κ1) is 13.4. The number of amides is 1. The van der Waals surface area contributed by atoms with Crippen molar-refractivity contribution in [1.29, 1.82) is 0 Å². The fourth-order valence-electron chi connectivity index (χ4n) is 1.59. The molecule has 0 aromatic rings. The van der Waals surface area contributed by atoms with Gasteiger partial charge >= 0.3 is 0 Å². The number of aliphatic hydroxyl groups is 1. The van der Waals surface area contributed by atoms with Gasteiger partial charge in [0.05, 0.1) is 0 Å². The van der Waals surface area contributed by atoms with Gasteiger partial charge in [0.1, 0.15) is 0 Å². The number of aliphatic hydroxyl groups excluding tert-OH is 1. The molecule has 4 nitrogen and oxygen atoms in total. The monoisotopic (exact) mass is 203 g/mol. The number of hydrogen-bond donors (Lipinski definition) is 3. The van der Waals surface area contributed by atoms with Crippen LogP contribution in [0.3, 0.4) is 0 Å². The summed E-state index contributed by atoms with van der Waals surface area (Å²) in [6.45, 7) is 7.46. The van der Waals surface area contributed by atoms with E-state index in [0.29, 0.717) is 6.42 Å². The highest BCUT2D eigenvalue weighted by molar-refractivity contribution is 5.80. The SMILES string of the molecule is CCC(C)(CO)CC(C)(C)C(=O)NO. The lowest BCUT2D eigenvalue weighted by Gasteiger charge is -2.34. The lowest BCUT2D eigenvalue weighted by atomic mass is 9.72. The van der Waals surface area contributed by atoms with Crippen LogP contribution in [0.1, 0.15) is 40.5 Å². The summed E-state index contributed by atoms with van der Waals surface area (Å²) in [5.74, 6) is -0.411. The molecule has 0 heterocycles. The summed E-state index contributed by atoms with van der Waals surface area (Å²) in [6.07, 6.45) is 1.34. The van der Waals surface area contributed by atoms with Gasteiger partial charge in [0.25, 0.3) is 0 Å². The fraction of sp³-hybridized carbons (Fsp3) is 0.900. The van der Waals surface area contributed by atoms with E-state index in [1.54, 1.807) is 19.3 Å². The maximum atomic E-state index is 11.3. The number of hydrogen-bond acceptors (Lipinski definition) is 3. The second-order valence-electron chi connectivity index (χ2n) is 4.82. The Morgan fingerprint density at radius 1 is 1.36 bits per heavy atom. The average Bonchev–Trinajstić information content (AvgIpc) is 2.15. The maximum Gasteiger partial charge on any atom is 0.249 e. The smallest absolute Gasteiger partial charge is 0.249 e. The standard InChI is InChI=1S/C10H21NO3/c1-5-10(4,7-12)6-9(2,3)8(13)11-14/h12,14H,5-7H2,1-4H3,(H,11,13). The molecule has 3 N–H and O–H groups in total. The van der Waals surface area contributed by atoms with Gasteiger partial charge in [0, 0.05) is 12.0 Å². The van der Waals surface area contributed by atoms with Crippen molar-refractivity contribution in [3.63, 3.8) is 0 Å². The minimum atomic E-state index is -0.664. The predicted octanol–water partition coefficient (Wildman–Crippen LogP) is 1.32. The topological polar surface area (TPSA) is 69.6 Å². The van der Waals surface area contributed by atoms with Crippen molar-refractivity contribution in [1.82, 2.24) is 5.48 Å². The fourth-order valence-corrected chi connectivity index (χ4v) is 1.59. The third-order valence-electron chi connectivity index (χ3n) is 2.82. The van der Waals surface area contributed by atoms with Crippen LogP contribution in [0.5, 0.6) is 0 Å². The van der Waals surface area contributed by atoms with E-state index in [1.807, 2.05) is 13.8 Å². The molecule has 0 fully saturated rings. The molecule has 0 aliphatic rings. The molecule has 0 bridgehead atoms. The summed E-state index contributed by atoms with van der Waals surface area (Å²) in [4.78, 5) is 11.3. The first-order valence-electron chi connectivity index (χ1n) is 4.87. The van der Waals surface area contributed by atoms with E-state index in [2.05, 4.69) is 0 Å². The average molecular weight is 203 g/mol. The van der Waals surface area contributed by atoms with Crippen LogP contribution in [0.25, 0.3) is 0 Å². The first-order valence-corrected chi connectivity index (χ1v) is 4.87. The lowest BCUT2D eigenvalue weighted by Crippen LogP contribution is -2.39. The highest BCUT2D eigenvalue weighted by Crippen LogP contribution is 2.36. The van der Waals surface area contributed by atoms with Crippen LogP contribution in [0.2, 0.25) is 0 Å². The van der Waals surface area contributed by atoms with Gasteiger partial charge in [-0.2, -0.15) is 0 Å². The van der Waals surface area contributed by atoms with E-state index >= 15 is 0 Å². The molecule has 0 radical (unpaired) electrons. The Bertz CT molecular complexity index is 198. The van der Waals surface area contributed by atoms with E-state index in [4.69, 9.17) is 5.21 Å². The molecule has 0 aromatic carbocycles. The molecule has 14 heavy (non-hydrogen) atoms. The third kappa shape index (κ3) is 3.27. The number of carbonyl (C=O) groups excluding carboxylic acids is 1. The maximum absolute atomic E-state index is 11.3. The molecule has 84 valence electrons. The highest BCUT2D eigenvalue weighted by Gasteiger charge is 2.35. The Hall–Kier alpha value is -0.610. The third-order valence-corrected chi connectivity index (χ3v) is 2.82. The summed E-state index contributed by atoms with van der Waals surface area (Å²) in [5.41, 5.74) is 0.723. The van der Waals surface area contributed by atoms with Gasteiger partial charge in [-0.25, -0.2) is 5.48 Å². The summed E-state index contributed by atoms with van der Waals surface area (Å²) < 4.78 is 0. The molecule has 1 atom stereocenters. The van der Waals surface area contributed by atoms with Crippen molar-refractivity contribution in [3.05, 3.63) is 0 Å². The Morgan fingerprint density at radius 3 is 2.14 bits per heavy atom. The van der Waals surface area contributed by atoms with Gasteiger partial charge in [-0.3, -0.25) is 10.0 Å². The van der Waals surface area contributed by atoms with Gasteiger partial charge < -0.3 is 5.11 Å². The molecule has 0 rings (SSSR count). The van der Waals surface area contributed by atoms with Crippen LogP contribution in [0, 0.1) is 10.8 Å². The molecule has 1 amide bonds. The molecule has 0 saturated heterocycles. The van der Waals surface area contributed by atoms with Gasteiger partial charge in [0.2, 0.25) is 5.91 Å². The van der Waals surface area contributed by atoms with E-state index in [1.165, 1.54) is 0 Å². The second-order valence-corrected chi connectivity index (χ2v) is 4.82. The van der Waals surface area contributed by atoms with Gasteiger partial charge in [0.15, 0.2) is 0 Å². The summed E-state index contributed by atoms with van der Waals surface area (Å²) in [6, 6.07) is 0. The highest BCUT2D eigenvalue weighted by atomic mass is 16.5. The zero-order valence-corrected chi connectivity index (χ0v) is 9.42. The number of carbonyl (C=O) groups is 1. The van der Waals surface area contributed by atoms with Crippen LogP contribution in [-0.4, -0.2) is 22.8 Å². The molecule has 4 heteroatoms. The van der Waals surface area contributed by atoms with E-state index in [-0.39, 0.29) is 12.0 Å². The quantitative estimate of drug-likeness (QED) is 0.466. The molecule has 0 aliphatic carbocycles. The van der Waals surface area contributed by atoms with Crippen molar-refractivity contribution in [3.8, 4) is 0 Å². The molecule has 0 aromatic heterocycles.